The molecular formula is C11H16N2O3S. The maximum atomic E-state index is 10.6. The molecule has 1 heterocycles. The first kappa shape index (κ1) is 12.3. The van der Waals surface area contributed by atoms with Crippen LogP contribution in [-0.4, -0.2) is 35.3 Å². The Hall–Kier alpha value is -1.14. The number of nitrogens with zero attached hydrogens (tertiary/aromatic N) is 1. The van der Waals surface area contributed by atoms with E-state index in [1.165, 1.54) is 31.9 Å². The molecule has 0 bridgehead atoms. The summed E-state index contributed by atoms with van der Waals surface area (Å²) in [4.78, 5) is 14.9. The third-order valence-electron chi connectivity index (χ3n) is 2.75. The standard InChI is InChI=1S/C11H16N2O3S/c14-10(15)9-7-13-11(17-9)12-5-6-16-8-3-1-2-4-8/h7-8H,1-6H2,(H,12,13)(H,14,15). The number of rotatable bonds is 6. The Labute approximate surface area is 104 Å². The van der Waals surface area contributed by atoms with Crippen LogP contribution in [0.5, 0.6) is 0 Å². The number of anilines is 1. The van der Waals surface area contributed by atoms with E-state index in [0.717, 1.165) is 11.3 Å². The van der Waals surface area contributed by atoms with Crippen molar-refractivity contribution in [3.8, 4) is 0 Å². The Morgan fingerprint density at radius 2 is 2.35 bits per heavy atom. The van der Waals surface area contributed by atoms with Gasteiger partial charge in [0.1, 0.15) is 4.88 Å². The number of aromatic nitrogens is 1. The number of hydrogen-bond acceptors (Lipinski definition) is 5. The van der Waals surface area contributed by atoms with Crippen molar-refractivity contribution < 1.29 is 14.6 Å². The van der Waals surface area contributed by atoms with Crippen LogP contribution in [0.15, 0.2) is 6.20 Å². The highest BCUT2D eigenvalue weighted by atomic mass is 32.1. The van der Waals surface area contributed by atoms with Crippen LogP contribution in [0.25, 0.3) is 0 Å². The molecule has 17 heavy (non-hydrogen) atoms. The topological polar surface area (TPSA) is 71.5 Å². The Kier molecular flexibility index (Phi) is 4.33. The van der Waals surface area contributed by atoms with Crippen molar-refractivity contribution in [1.29, 1.82) is 0 Å². The first-order valence-corrected chi connectivity index (χ1v) is 6.62. The van der Waals surface area contributed by atoms with E-state index >= 15 is 0 Å². The highest BCUT2D eigenvalue weighted by Gasteiger charge is 2.14. The van der Waals surface area contributed by atoms with Crippen molar-refractivity contribution in [1.82, 2.24) is 4.98 Å². The van der Waals surface area contributed by atoms with E-state index in [1.807, 2.05) is 0 Å². The van der Waals surface area contributed by atoms with Crippen LogP contribution in [0.3, 0.4) is 0 Å². The molecule has 1 aliphatic rings. The molecule has 1 fully saturated rings. The lowest BCUT2D eigenvalue weighted by molar-refractivity contribution is 0.0658. The first-order chi connectivity index (χ1) is 8.25. The minimum absolute atomic E-state index is 0.254. The van der Waals surface area contributed by atoms with Gasteiger partial charge < -0.3 is 15.2 Å². The molecule has 94 valence electrons. The fourth-order valence-electron chi connectivity index (χ4n) is 1.89. The average molecular weight is 256 g/mol. The van der Waals surface area contributed by atoms with Gasteiger partial charge >= 0.3 is 5.97 Å². The molecule has 0 aliphatic heterocycles. The van der Waals surface area contributed by atoms with E-state index in [-0.39, 0.29) is 4.88 Å². The van der Waals surface area contributed by atoms with Crippen LogP contribution >= 0.6 is 11.3 Å². The monoisotopic (exact) mass is 256 g/mol. The molecule has 1 aromatic heterocycles. The van der Waals surface area contributed by atoms with Gasteiger partial charge in [-0.15, -0.1) is 0 Å². The molecule has 1 saturated carbocycles. The van der Waals surface area contributed by atoms with Crippen molar-refractivity contribution >= 4 is 22.4 Å². The molecule has 0 amide bonds. The number of aromatic carboxylic acids is 1. The number of nitrogens with one attached hydrogen (secondary N) is 1. The average Bonchev–Trinajstić information content (AvgIpc) is 2.96. The highest BCUT2D eigenvalue weighted by Crippen LogP contribution is 2.21. The summed E-state index contributed by atoms with van der Waals surface area (Å²) >= 11 is 1.15. The molecule has 1 aliphatic carbocycles. The fraction of sp³-hybridized carbons (Fsp3) is 0.636. The van der Waals surface area contributed by atoms with Gasteiger partial charge in [-0.3, -0.25) is 0 Å². The van der Waals surface area contributed by atoms with Gasteiger partial charge in [0.05, 0.1) is 18.9 Å². The lowest BCUT2D eigenvalue weighted by Gasteiger charge is -2.10. The van der Waals surface area contributed by atoms with E-state index in [2.05, 4.69) is 10.3 Å². The lowest BCUT2D eigenvalue weighted by Crippen LogP contribution is -2.15. The highest BCUT2D eigenvalue weighted by molar-refractivity contribution is 7.17. The number of carboxylic acid groups (broad SMARTS) is 1. The summed E-state index contributed by atoms with van der Waals surface area (Å²) in [5.41, 5.74) is 0. The Balaban J connectivity index is 1.65. The van der Waals surface area contributed by atoms with Crippen LogP contribution in [0.2, 0.25) is 0 Å². The second kappa shape index (κ2) is 5.97. The Morgan fingerprint density at radius 3 is 3.00 bits per heavy atom. The molecule has 1 aromatic rings. The summed E-state index contributed by atoms with van der Waals surface area (Å²) < 4.78 is 5.68. The molecule has 2 N–H and O–H groups in total. The summed E-state index contributed by atoms with van der Waals surface area (Å²) in [6.07, 6.45) is 6.66. The van der Waals surface area contributed by atoms with Crippen molar-refractivity contribution in [3.63, 3.8) is 0 Å². The second-order valence-electron chi connectivity index (χ2n) is 4.04. The van der Waals surface area contributed by atoms with Gasteiger partial charge in [0.15, 0.2) is 5.13 Å². The SMILES string of the molecule is O=C(O)c1cnc(NCCOC2CCCC2)s1. The predicted molar refractivity (Wildman–Crippen MR) is 65.8 cm³/mol. The largest absolute Gasteiger partial charge is 0.477 e. The smallest absolute Gasteiger partial charge is 0.347 e. The number of carbonyl (C=O) groups is 1. The van der Waals surface area contributed by atoms with Crippen LogP contribution in [0, 0.1) is 0 Å². The lowest BCUT2D eigenvalue weighted by atomic mass is 10.3. The van der Waals surface area contributed by atoms with Crippen molar-refractivity contribution in [2.24, 2.45) is 0 Å². The third-order valence-corrected chi connectivity index (χ3v) is 3.69. The summed E-state index contributed by atoms with van der Waals surface area (Å²) in [5, 5.41) is 12.4. The third kappa shape index (κ3) is 3.67. The molecule has 0 saturated heterocycles. The van der Waals surface area contributed by atoms with Crippen LogP contribution < -0.4 is 5.32 Å². The summed E-state index contributed by atoms with van der Waals surface area (Å²) in [7, 11) is 0. The Bertz CT molecular complexity index is 375. The number of carboxylic acids is 1. The summed E-state index contributed by atoms with van der Waals surface area (Å²) in [5.74, 6) is -0.933. The van der Waals surface area contributed by atoms with E-state index < -0.39 is 5.97 Å². The molecular weight excluding hydrogens is 240 g/mol. The van der Waals surface area contributed by atoms with Gasteiger partial charge in [0.2, 0.25) is 0 Å². The normalized spacial score (nSPS) is 16.2. The summed E-state index contributed by atoms with van der Waals surface area (Å²) in [6.45, 7) is 1.32. The van der Waals surface area contributed by atoms with E-state index in [0.29, 0.717) is 24.4 Å². The molecule has 5 nitrogen and oxygen atoms in total. The molecule has 0 radical (unpaired) electrons. The molecule has 6 heteroatoms. The molecule has 0 spiro atoms. The quantitative estimate of drug-likeness (QED) is 0.763. The van der Waals surface area contributed by atoms with Gasteiger partial charge in [0, 0.05) is 6.54 Å². The Morgan fingerprint density at radius 1 is 1.59 bits per heavy atom. The van der Waals surface area contributed by atoms with Crippen LogP contribution in [0.1, 0.15) is 35.4 Å². The first-order valence-electron chi connectivity index (χ1n) is 5.80. The van der Waals surface area contributed by atoms with E-state index in [4.69, 9.17) is 9.84 Å². The zero-order chi connectivity index (χ0) is 12.1. The minimum Gasteiger partial charge on any atom is -0.477 e. The number of hydrogen-bond donors (Lipinski definition) is 2. The molecule has 0 aromatic carbocycles. The van der Waals surface area contributed by atoms with Gasteiger partial charge in [-0.2, -0.15) is 0 Å². The molecule has 0 unspecified atom stereocenters. The van der Waals surface area contributed by atoms with Gasteiger partial charge in [0.25, 0.3) is 0 Å². The minimum atomic E-state index is -0.933. The van der Waals surface area contributed by atoms with E-state index in [1.54, 1.807) is 0 Å². The molecule has 0 atom stereocenters. The van der Waals surface area contributed by atoms with Crippen molar-refractivity contribution in [3.05, 3.63) is 11.1 Å². The maximum Gasteiger partial charge on any atom is 0.347 e. The van der Waals surface area contributed by atoms with Crippen LogP contribution in [0.4, 0.5) is 5.13 Å². The van der Waals surface area contributed by atoms with Gasteiger partial charge in [-0.05, 0) is 12.8 Å². The predicted octanol–water partition coefficient (Wildman–Crippen LogP) is 2.21. The fourth-order valence-corrected chi connectivity index (χ4v) is 2.57. The number of ether oxygens (including phenoxy) is 1. The van der Waals surface area contributed by atoms with Gasteiger partial charge in [-0.25, -0.2) is 9.78 Å². The van der Waals surface area contributed by atoms with Gasteiger partial charge in [-0.1, -0.05) is 24.2 Å². The summed E-state index contributed by atoms with van der Waals surface area (Å²) in [6, 6.07) is 0. The zero-order valence-electron chi connectivity index (χ0n) is 9.52. The zero-order valence-corrected chi connectivity index (χ0v) is 10.3. The second-order valence-corrected chi connectivity index (χ2v) is 5.07. The van der Waals surface area contributed by atoms with Crippen molar-refractivity contribution in [2.45, 2.75) is 31.8 Å². The van der Waals surface area contributed by atoms with Crippen LogP contribution in [-0.2, 0) is 4.74 Å². The molecule has 2 rings (SSSR count). The number of thiazole rings is 1. The van der Waals surface area contributed by atoms with Crippen molar-refractivity contribution in [2.75, 3.05) is 18.5 Å². The van der Waals surface area contributed by atoms with E-state index in [9.17, 15) is 4.79 Å². The maximum absolute atomic E-state index is 10.6.